The molecule has 30 heavy (non-hydrogen) atoms. The summed E-state index contributed by atoms with van der Waals surface area (Å²) in [5.74, 6) is -0.657. The molecule has 0 spiro atoms. The molecular weight excluding hydrogens is 393 g/mol. The Morgan fingerprint density at radius 3 is 1.63 bits per heavy atom. The SMILES string of the molecule is CCOP(=O)(OCC)[C@H](Cc1ccccc1)N=C(c1ccccc1)c1ccccc1. The molecule has 0 unspecified atom stereocenters. The zero-order valence-corrected chi connectivity index (χ0v) is 18.4. The first-order valence-corrected chi connectivity index (χ1v) is 11.9. The van der Waals surface area contributed by atoms with Crippen molar-refractivity contribution in [2.45, 2.75) is 26.1 Å². The van der Waals surface area contributed by atoms with Crippen molar-refractivity contribution in [3.05, 3.63) is 108 Å². The number of hydrogen-bond acceptors (Lipinski definition) is 4. The zero-order valence-electron chi connectivity index (χ0n) is 17.5. The van der Waals surface area contributed by atoms with Gasteiger partial charge in [-0.3, -0.25) is 9.56 Å². The molecule has 3 aromatic carbocycles. The van der Waals surface area contributed by atoms with Crippen molar-refractivity contribution in [1.29, 1.82) is 0 Å². The van der Waals surface area contributed by atoms with Crippen molar-refractivity contribution >= 4 is 13.3 Å². The van der Waals surface area contributed by atoms with Crippen molar-refractivity contribution in [2.75, 3.05) is 13.2 Å². The summed E-state index contributed by atoms with van der Waals surface area (Å²) >= 11 is 0. The van der Waals surface area contributed by atoms with E-state index in [0.29, 0.717) is 19.6 Å². The second kappa shape index (κ2) is 11.0. The van der Waals surface area contributed by atoms with Crippen LogP contribution in [0.25, 0.3) is 0 Å². The van der Waals surface area contributed by atoms with Crippen LogP contribution in [0.2, 0.25) is 0 Å². The number of rotatable bonds is 10. The van der Waals surface area contributed by atoms with Crippen LogP contribution < -0.4 is 0 Å². The van der Waals surface area contributed by atoms with E-state index in [9.17, 15) is 4.57 Å². The van der Waals surface area contributed by atoms with E-state index in [1.54, 1.807) is 0 Å². The van der Waals surface area contributed by atoms with Gasteiger partial charge in [-0.1, -0.05) is 91.0 Å². The molecule has 0 heterocycles. The standard InChI is InChI=1S/C25H28NO3P/c1-3-28-30(27,29-4-2)24(20-21-14-8-5-9-15-21)26-25(22-16-10-6-11-17-22)23-18-12-7-13-19-23/h5-19,24H,3-4,20H2,1-2H3/t24-/m1/s1. The van der Waals surface area contributed by atoms with Gasteiger partial charge in [-0.15, -0.1) is 0 Å². The molecule has 0 N–H and O–H groups in total. The highest BCUT2D eigenvalue weighted by atomic mass is 31.2. The summed E-state index contributed by atoms with van der Waals surface area (Å²) in [6, 6.07) is 29.8. The number of aliphatic imine (C=N–C) groups is 1. The predicted octanol–water partition coefficient (Wildman–Crippen LogP) is 6.36. The van der Waals surface area contributed by atoms with Crippen LogP contribution in [0.5, 0.6) is 0 Å². The first-order valence-electron chi connectivity index (χ1n) is 10.3. The molecule has 0 saturated carbocycles. The van der Waals surface area contributed by atoms with E-state index in [4.69, 9.17) is 14.0 Å². The van der Waals surface area contributed by atoms with Crippen LogP contribution in [0.4, 0.5) is 0 Å². The zero-order chi connectivity index (χ0) is 21.2. The fraction of sp³-hybridized carbons (Fsp3) is 0.240. The Bertz CT molecular complexity index is 924. The van der Waals surface area contributed by atoms with Crippen LogP contribution in [0, 0.1) is 0 Å². The molecule has 0 aromatic heterocycles. The quantitative estimate of drug-likeness (QED) is 0.283. The van der Waals surface area contributed by atoms with E-state index in [1.165, 1.54) is 0 Å². The van der Waals surface area contributed by atoms with Crippen molar-refractivity contribution < 1.29 is 13.6 Å². The number of nitrogens with zero attached hydrogens (tertiary/aromatic N) is 1. The molecule has 0 fully saturated rings. The van der Waals surface area contributed by atoms with Gasteiger partial charge >= 0.3 is 7.60 Å². The van der Waals surface area contributed by atoms with Crippen LogP contribution in [-0.4, -0.2) is 24.7 Å². The van der Waals surface area contributed by atoms with Crippen molar-refractivity contribution in [3.8, 4) is 0 Å². The Kier molecular flexibility index (Phi) is 8.15. The third kappa shape index (κ3) is 5.76. The monoisotopic (exact) mass is 421 g/mol. The topological polar surface area (TPSA) is 47.9 Å². The normalized spacial score (nSPS) is 12.3. The average Bonchev–Trinajstić information content (AvgIpc) is 2.79. The number of hydrogen-bond donors (Lipinski definition) is 0. The summed E-state index contributed by atoms with van der Waals surface area (Å²) in [5, 5.41) is 0. The lowest BCUT2D eigenvalue weighted by atomic mass is 10.0. The van der Waals surface area contributed by atoms with Crippen LogP contribution in [0.15, 0.2) is 96.0 Å². The fourth-order valence-corrected chi connectivity index (χ4v) is 5.11. The fourth-order valence-electron chi connectivity index (χ4n) is 3.28. The molecule has 156 valence electrons. The van der Waals surface area contributed by atoms with E-state index in [1.807, 2.05) is 105 Å². The third-order valence-electron chi connectivity index (χ3n) is 4.62. The van der Waals surface area contributed by atoms with Crippen LogP contribution >= 0.6 is 7.60 Å². The van der Waals surface area contributed by atoms with E-state index < -0.39 is 13.4 Å². The maximum absolute atomic E-state index is 13.8. The first kappa shape index (κ1) is 22.2. The summed E-state index contributed by atoms with van der Waals surface area (Å²) in [4.78, 5) is 5.02. The molecule has 0 aliphatic heterocycles. The molecule has 0 amide bonds. The maximum atomic E-state index is 13.8. The first-order chi connectivity index (χ1) is 14.7. The minimum absolute atomic E-state index is 0.296. The Labute approximate surface area is 179 Å². The molecule has 1 atom stereocenters. The second-order valence-electron chi connectivity index (χ2n) is 6.76. The summed E-state index contributed by atoms with van der Waals surface area (Å²) in [5.41, 5.74) is 3.73. The smallest absolute Gasteiger partial charge is 0.307 e. The lowest BCUT2D eigenvalue weighted by Crippen LogP contribution is -2.18. The molecule has 0 radical (unpaired) electrons. The van der Waals surface area contributed by atoms with Crippen molar-refractivity contribution in [1.82, 2.24) is 0 Å². The summed E-state index contributed by atoms with van der Waals surface area (Å²) < 4.78 is 25.2. The van der Waals surface area contributed by atoms with E-state index in [-0.39, 0.29) is 0 Å². The van der Waals surface area contributed by atoms with Gasteiger partial charge < -0.3 is 9.05 Å². The second-order valence-corrected chi connectivity index (χ2v) is 8.95. The van der Waals surface area contributed by atoms with Gasteiger partial charge in [0.05, 0.1) is 18.9 Å². The molecule has 0 bridgehead atoms. The highest BCUT2D eigenvalue weighted by molar-refractivity contribution is 7.54. The largest absolute Gasteiger partial charge is 0.355 e. The van der Waals surface area contributed by atoms with Gasteiger partial charge in [-0.2, -0.15) is 0 Å². The van der Waals surface area contributed by atoms with Crippen molar-refractivity contribution in [2.24, 2.45) is 4.99 Å². The van der Waals surface area contributed by atoms with Crippen LogP contribution in [0.1, 0.15) is 30.5 Å². The van der Waals surface area contributed by atoms with E-state index in [2.05, 4.69) is 0 Å². The predicted molar refractivity (Wildman–Crippen MR) is 123 cm³/mol. The van der Waals surface area contributed by atoms with Gasteiger partial charge in [0.25, 0.3) is 0 Å². The minimum Gasteiger partial charge on any atom is -0.307 e. The third-order valence-corrected chi connectivity index (χ3v) is 6.88. The highest BCUT2D eigenvalue weighted by Gasteiger charge is 2.36. The highest BCUT2D eigenvalue weighted by Crippen LogP contribution is 2.54. The minimum atomic E-state index is -3.48. The van der Waals surface area contributed by atoms with Gasteiger partial charge in [0.1, 0.15) is 0 Å². The Morgan fingerprint density at radius 1 is 0.767 bits per heavy atom. The molecule has 3 aromatic rings. The summed E-state index contributed by atoms with van der Waals surface area (Å²) in [7, 11) is -3.48. The van der Waals surface area contributed by atoms with Crippen LogP contribution in [0.3, 0.4) is 0 Å². The maximum Gasteiger partial charge on any atom is 0.355 e. The summed E-state index contributed by atoms with van der Waals surface area (Å²) in [6.45, 7) is 4.24. The molecule has 3 rings (SSSR count). The van der Waals surface area contributed by atoms with Gasteiger partial charge in [-0.05, 0) is 19.4 Å². The Hall–Kier alpha value is -2.52. The van der Waals surface area contributed by atoms with Crippen LogP contribution in [-0.2, 0) is 20.0 Å². The molecule has 0 aliphatic carbocycles. The van der Waals surface area contributed by atoms with Gasteiger partial charge in [0.2, 0.25) is 0 Å². The molecule has 5 heteroatoms. The Morgan fingerprint density at radius 2 is 1.20 bits per heavy atom. The lowest BCUT2D eigenvalue weighted by Gasteiger charge is -2.25. The van der Waals surface area contributed by atoms with Gasteiger partial charge in [-0.25, -0.2) is 0 Å². The average molecular weight is 421 g/mol. The van der Waals surface area contributed by atoms with Gasteiger partial charge in [0, 0.05) is 17.5 Å². The molecule has 0 saturated heterocycles. The van der Waals surface area contributed by atoms with Gasteiger partial charge in [0.15, 0.2) is 5.78 Å². The van der Waals surface area contributed by atoms with Crippen molar-refractivity contribution in [3.63, 3.8) is 0 Å². The summed E-state index contributed by atoms with van der Waals surface area (Å²) in [6.07, 6.45) is 0.460. The molecular formula is C25H28NO3P. The van der Waals surface area contributed by atoms with E-state index in [0.717, 1.165) is 22.4 Å². The Balaban J connectivity index is 2.13. The molecule has 4 nitrogen and oxygen atoms in total. The molecule has 0 aliphatic rings. The van der Waals surface area contributed by atoms with E-state index >= 15 is 0 Å². The number of benzene rings is 3. The lowest BCUT2D eigenvalue weighted by molar-refractivity contribution is 0.212.